The van der Waals surface area contributed by atoms with Gasteiger partial charge in [-0.1, -0.05) is 70.8 Å². The molecule has 12 rings (SSSR count). The monoisotopic (exact) mass is 1080 g/mol. The highest BCUT2D eigenvalue weighted by molar-refractivity contribution is 9.10. The molecule has 3 unspecified atom stereocenters. The van der Waals surface area contributed by atoms with Crippen molar-refractivity contribution in [2.45, 2.75) is 59.3 Å². The number of hydrogen-bond donors (Lipinski definition) is 1. The Morgan fingerprint density at radius 1 is 0.542 bits per heavy atom. The molecule has 72 heavy (non-hydrogen) atoms. The summed E-state index contributed by atoms with van der Waals surface area (Å²) in [6, 6.07) is 26.2. The first-order chi connectivity index (χ1) is 34.8. The third-order valence-corrected chi connectivity index (χ3v) is 13.9. The van der Waals surface area contributed by atoms with Crippen molar-refractivity contribution < 1.29 is 0 Å². The van der Waals surface area contributed by atoms with Gasteiger partial charge in [0.05, 0.1) is 53.5 Å². The van der Waals surface area contributed by atoms with Crippen LogP contribution in [0.3, 0.4) is 0 Å². The van der Waals surface area contributed by atoms with Gasteiger partial charge in [-0.25, -0.2) is 9.69 Å². The van der Waals surface area contributed by atoms with Gasteiger partial charge < -0.3 is 15.1 Å². The number of benzene rings is 3. The largest absolute Gasteiger partial charge is 0.383 e. The van der Waals surface area contributed by atoms with Crippen LogP contribution in [0.4, 0.5) is 40.1 Å². The average molecular weight is 1080 g/mol. The maximum atomic E-state index is 7.20. The lowest BCUT2D eigenvalue weighted by Gasteiger charge is -2.26. The van der Waals surface area contributed by atoms with E-state index in [1.807, 2.05) is 64.5 Å². The van der Waals surface area contributed by atoms with Crippen LogP contribution >= 0.6 is 31.9 Å². The van der Waals surface area contributed by atoms with Crippen LogP contribution in [0.15, 0.2) is 113 Å². The van der Waals surface area contributed by atoms with Crippen molar-refractivity contribution in [3.63, 3.8) is 0 Å². The fourth-order valence-corrected chi connectivity index (χ4v) is 10.0. The Morgan fingerprint density at radius 2 is 1.03 bits per heavy atom. The summed E-state index contributed by atoms with van der Waals surface area (Å²) in [7, 11) is 1.91. The molecule has 3 aliphatic rings. The Kier molecular flexibility index (Phi) is 13.0. The first-order valence-electron chi connectivity index (χ1n) is 23.2. The minimum atomic E-state index is 0.141. The van der Waals surface area contributed by atoms with Gasteiger partial charge in [0.2, 0.25) is 11.4 Å². The topological polar surface area (TPSA) is 163 Å². The van der Waals surface area contributed by atoms with Crippen molar-refractivity contribution >= 4 is 71.9 Å². The molecular weight excluding hydrogens is 1040 g/mol. The summed E-state index contributed by atoms with van der Waals surface area (Å²) in [5.41, 5.74) is 9.53. The lowest BCUT2D eigenvalue weighted by atomic mass is 10.1. The first kappa shape index (κ1) is 47.6. The SMILES string of the molecule is Cc1nnc2n1-c1ccc(Br)cc1NCC2C.[C-]#[N+]c1ccc(N2CC(C)c3nnc(C)n3-c3ccc(-c4cnn(C)c4)cc32)nc1.[C-]#[N+]c1ccc(N2CC(C)c3nnc(C)n3-c3ccc(Br)cc32)nc1. The number of aromatic nitrogens is 13. The fourth-order valence-electron chi connectivity index (χ4n) is 9.32. The number of hydrogen-bond acceptors (Lipinski definition) is 12. The molecule has 9 aromatic rings. The molecule has 0 spiro atoms. The van der Waals surface area contributed by atoms with E-state index in [9.17, 15) is 0 Å². The van der Waals surface area contributed by atoms with E-state index in [2.05, 4.69) is 179 Å². The lowest BCUT2D eigenvalue weighted by molar-refractivity contribution is 0.693. The number of nitrogens with zero attached hydrogens (tertiary/aromatic N) is 17. The zero-order chi connectivity index (χ0) is 50.4. The van der Waals surface area contributed by atoms with Crippen molar-refractivity contribution in [1.82, 2.24) is 64.0 Å². The second-order valence-corrected chi connectivity index (χ2v) is 19.8. The molecule has 20 heteroatoms. The zero-order valence-electron chi connectivity index (χ0n) is 40.5. The van der Waals surface area contributed by atoms with Crippen molar-refractivity contribution in [3.05, 3.63) is 170 Å². The van der Waals surface area contributed by atoms with Crippen molar-refractivity contribution in [3.8, 4) is 28.2 Å². The molecule has 0 fully saturated rings. The second-order valence-electron chi connectivity index (χ2n) is 18.0. The van der Waals surface area contributed by atoms with Gasteiger partial charge in [-0.05, 0) is 87.0 Å². The molecule has 0 aliphatic carbocycles. The molecule has 3 aromatic carbocycles. The summed E-state index contributed by atoms with van der Waals surface area (Å²) in [5.74, 6) is 7.83. The van der Waals surface area contributed by atoms with E-state index in [4.69, 9.17) is 13.1 Å². The fraction of sp³-hybridized carbons (Fsp3) is 0.250. The van der Waals surface area contributed by atoms with Crippen LogP contribution in [-0.2, 0) is 7.05 Å². The summed E-state index contributed by atoms with van der Waals surface area (Å²) in [4.78, 5) is 20.3. The maximum absolute atomic E-state index is 7.20. The van der Waals surface area contributed by atoms with Gasteiger partial charge in [0.25, 0.3) is 0 Å². The van der Waals surface area contributed by atoms with Gasteiger partial charge in [0.1, 0.15) is 46.6 Å². The third kappa shape index (κ3) is 8.99. The Labute approximate surface area is 433 Å². The van der Waals surface area contributed by atoms with Crippen molar-refractivity contribution in [1.29, 1.82) is 0 Å². The third-order valence-electron chi connectivity index (χ3n) is 12.9. The van der Waals surface area contributed by atoms with Gasteiger partial charge in [-0.15, -0.1) is 30.6 Å². The Hall–Kier alpha value is -8.07. The summed E-state index contributed by atoms with van der Waals surface area (Å²) in [6.07, 6.45) is 7.10. The van der Waals surface area contributed by atoms with Crippen LogP contribution in [0.1, 0.15) is 73.5 Å². The predicted octanol–water partition coefficient (Wildman–Crippen LogP) is 11.6. The van der Waals surface area contributed by atoms with Gasteiger partial charge in [0, 0.05) is 77.5 Å². The minimum Gasteiger partial charge on any atom is -0.383 e. The number of fused-ring (bicyclic) bond motifs is 9. The number of rotatable bonds is 3. The summed E-state index contributed by atoms with van der Waals surface area (Å²) >= 11 is 7.08. The number of aryl methyl sites for hydroxylation is 4. The molecule has 1 N–H and O–H groups in total. The molecule has 0 bridgehead atoms. The molecule has 18 nitrogen and oxygen atoms in total. The predicted molar refractivity (Wildman–Crippen MR) is 285 cm³/mol. The maximum Gasteiger partial charge on any atom is 0.205 e. The number of nitrogens with one attached hydrogen (secondary N) is 1. The first-order valence-corrected chi connectivity index (χ1v) is 24.8. The zero-order valence-corrected chi connectivity index (χ0v) is 43.7. The number of pyridine rings is 2. The highest BCUT2D eigenvalue weighted by Crippen LogP contribution is 2.42. The molecule has 360 valence electrons. The van der Waals surface area contributed by atoms with Crippen molar-refractivity contribution in [2.75, 3.05) is 34.8 Å². The lowest BCUT2D eigenvalue weighted by Crippen LogP contribution is -2.22. The van der Waals surface area contributed by atoms with E-state index >= 15 is 0 Å². The number of halogens is 2. The molecule has 3 atom stereocenters. The van der Waals surface area contributed by atoms with E-state index < -0.39 is 0 Å². The summed E-state index contributed by atoms with van der Waals surface area (Å²) in [6.45, 7) is 29.0. The van der Waals surface area contributed by atoms with Crippen LogP contribution in [0, 0.1) is 33.9 Å². The summed E-state index contributed by atoms with van der Waals surface area (Å²) < 4.78 is 10.2. The molecule has 6 aromatic heterocycles. The Bertz CT molecular complexity index is 3560. The van der Waals surface area contributed by atoms with Crippen LogP contribution < -0.4 is 15.1 Å². The van der Waals surface area contributed by atoms with E-state index in [-0.39, 0.29) is 11.8 Å². The molecule has 0 saturated carbocycles. The molecule has 3 aliphatic heterocycles. The summed E-state index contributed by atoms with van der Waals surface area (Å²) in [5, 5.41) is 33.7. The highest BCUT2D eigenvalue weighted by atomic mass is 79.9. The molecule has 0 amide bonds. The van der Waals surface area contributed by atoms with Crippen LogP contribution in [-0.4, -0.2) is 83.7 Å². The Balaban J connectivity index is 0.000000129. The van der Waals surface area contributed by atoms with Crippen LogP contribution in [0.25, 0.3) is 37.9 Å². The molecular formula is C52H48Br2N18. The second kappa shape index (κ2) is 19.6. The quantitative estimate of drug-likeness (QED) is 0.167. The smallest absolute Gasteiger partial charge is 0.205 e. The van der Waals surface area contributed by atoms with Crippen LogP contribution in [0.5, 0.6) is 0 Å². The van der Waals surface area contributed by atoms with Gasteiger partial charge in [0.15, 0.2) is 0 Å². The highest BCUT2D eigenvalue weighted by Gasteiger charge is 2.31. The van der Waals surface area contributed by atoms with Gasteiger partial charge in [-0.3, -0.25) is 28.4 Å². The van der Waals surface area contributed by atoms with Crippen molar-refractivity contribution in [2.24, 2.45) is 7.05 Å². The van der Waals surface area contributed by atoms with E-state index in [1.165, 1.54) is 0 Å². The van der Waals surface area contributed by atoms with E-state index in [1.54, 1.807) is 29.2 Å². The molecule has 0 saturated heterocycles. The van der Waals surface area contributed by atoms with Gasteiger partial charge in [-0.2, -0.15) is 5.10 Å². The standard InChI is InChI=1S/C22H20N8.C18H15BrN6.C12H13BrN4/c1-14-12-29(21-8-6-18(23-3)11-24-21)20-9-16(17-10-25-28(4)13-17)5-7-19(20)30-15(2)26-27-22(14)30;1-11-10-24(17-7-5-14(20-3)9-21-17)16-8-13(19)4-6-15(16)25-12(2)22-23-18(11)25;1-7-6-14-10-5-9(13)3-4-11(10)17-8(2)15-16-12(7)17/h5-11,13-14H,12H2,1-2,4H3;4-9,11H,10H2,1-2H3;3-5,7,14H,6H2,1-2H3. The molecule has 9 heterocycles. The molecule has 0 radical (unpaired) electrons. The van der Waals surface area contributed by atoms with E-state index in [0.29, 0.717) is 23.8 Å². The average Bonchev–Trinajstić information content (AvgIpc) is 4.15. The Morgan fingerprint density at radius 3 is 1.53 bits per heavy atom. The van der Waals surface area contributed by atoms with E-state index in [0.717, 1.165) is 114 Å². The normalized spacial score (nSPS) is 16.1. The minimum absolute atomic E-state index is 0.141. The van der Waals surface area contributed by atoms with Crippen LogP contribution in [0.2, 0.25) is 0 Å². The van der Waals surface area contributed by atoms with Gasteiger partial charge >= 0.3 is 0 Å². The number of anilines is 5.